The van der Waals surface area contributed by atoms with Gasteiger partial charge in [0, 0.05) is 26.6 Å². The fourth-order valence-corrected chi connectivity index (χ4v) is 4.37. The molecular formula is C20H30N2O. The lowest BCUT2D eigenvalue weighted by Crippen LogP contribution is -2.57. The average molecular weight is 314 g/mol. The number of nitrogens with zero attached hydrogens (tertiary/aromatic N) is 2. The number of carbonyl (C=O) groups is 1. The Labute approximate surface area is 140 Å². The van der Waals surface area contributed by atoms with Gasteiger partial charge < -0.3 is 9.80 Å². The molecule has 1 aromatic rings. The van der Waals surface area contributed by atoms with Gasteiger partial charge in [0.2, 0.25) is 5.91 Å². The summed E-state index contributed by atoms with van der Waals surface area (Å²) in [4.78, 5) is 17.0. The van der Waals surface area contributed by atoms with Crippen molar-refractivity contribution < 1.29 is 4.79 Å². The number of benzene rings is 1. The molecule has 0 atom stereocenters. The molecule has 3 heteroatoms. The number of carbonyl (C=O) groups excluding carboxylic acids is 1. The van der Waals surface area contributed by atoms with Gasteiger partial charge in [0.15, 0.2) is 0 Å². The van der Waals surface area contributed by atoms with Crippen molar-refractivity contribution >= 4 is 5.91 Å². The van der Waals surface area contributed by atoms with Gasteiger partial charge in [-0.1, -0.05) is 38.1 Å². The van der Waals surface area contributed by atoms with Gasteiger partial charge in [0.25, 0.3) is 0 Å². The van der Waals surface area contributed by atoms with Crippen LogP contribution in [0.2, 0.25) is 0 Å². The molecule has 126 valence electrons. The monoisotopic (exact) mass is 314 g/mol. The Morgan fingerprint density at radius 1 is 1.17 bits per heavy atom. The highest BCUT2D eigenvalue weighted by Gasteiger charge is 2.45. The Morgan fingerprint density at radius 2 is 1.87 bits per heavy atom. The Bertz CT molecular complexity index is 559. The second-order valence-corrected chi connectivity index (χ2v) is 7.63. The Hall–Kier alpha value is -1.35. The zero-order valence-corrected chi connectivity index (χ0v) is 14.8. The molecule has 1 amide bonds. The van der Waals surface area contributed by atoms with Crippen molar-refractivity contribution in [1.29, 1.82) is 0 Å². The quantitative estimate of drug-likeness (QED) is 0.853. The highest BCUT2D eigenvalue weighted by atomic mass is 16.2. The van der Waals surface area contributed by atoms with E-state index in [1.54, 1.807) is 6.92 Å². The Balaban J connectivity index is 1.82. The number of rotatable bonds is 3. The van der Waals surface area contributed by atoms with Crippen LogP contribution in [0.25, 0.3) is 0 Å². The summed E-state index contributed by atoms with van der Waals surface area (Å²) >= 11 is 0. The van der Waals surface area contributed by atoms with Crippen LogP contribution in [-0.2, 0) is 16.8 Å². The Morgan fingerprint density at radius 3 is 2.52 bits per heavy atom. The van der Waals surface area contributed by atoms with E-state index < -0.39 is 0 Å². The summed E-state index contributed by atoms with van der Waals surface area (Å²) in [7, 11) is 0. The first-order valence-electron chi connectivity index (χ1n) is 9.12. The zero-order valence-electron chi connectivity index (χ0n) is 14.8. The molecule has 3 rings (SSSR count). The minimum absolute atomic E-state index is 0.0605. The highest BCUT2D eigenvalue weighted by Crippen LogP contribution is 2.43. The van der Waals surface area contributed by atoms with Gasteiger partial charge in [0.1, 0.15) is 0 Å². The molecule has 0 N–H and O–H groups in total. The summed E-state index contributed by atoms with van der Waals surface area (Å²) < 4.78 is 0. The van der Waals surface area contributed by atoms with Crippen molar-refractivity contribution in [3.05, 3.63) is 35.4 Å². The van der Waals surface area contributed by atoms with Crippen LogP contribution >= 0.6 is 0 Å². The van der Waals surface area contributed by atoms with E-state index in [1.165, 1.54) is 24.1 Å². The molecule has 2 heterocycles. The smallest absolute Gasteiger partial charge is 0.220 e. The van der Waals surface area contributed by atoms with Gasteiger partial charge in [-0.3, -0.25) is 4.79 Å². The van der Waals surface area contributed by atoms with Crippen molar-refractivity contribution in [3.8, 4) is 0 Å². The summed E-state index contributed by atoms with van der Waals surface area (Å²) in [6.45, 7) is 10.6. The molecule has 1 saturated heterocycles. The average Bonchev–Trinajstić information content (AvgIpc) is 2.54. The molecule has 0 aliphatic carbocycles. The maximum Gasteiger partial charge on any atom is 0.220 e. The predicted octanol–water partition coefficient (Wildman–Crippen LogP) is 3.43. The van der Waals surface area contributed by atoms with E-state index in [1.807, 2.05) is 0 Å². The maximum absolute atomic E-state index is 12.3. The minimum Gasteiger partial charge on any atom is -0.333 e. The molecule has 1 aromatic carbocycles. The number of likely N-dealkylation sites (tertiary alicyclic amines) is 1. The fraction of sp³-hybridized carbons (Fsp3) is 0.650. The molecule has 0 unspecified atom stereocenters. The third-order valence-corrected chi connectivity index (χ3v) is 5.73. The van der Waals surface area contributed by atoms with E-state index >= 15 is 0 Å². The number of hydrogen-bond donors (Lipinski definition) is 0. The highest BCUT2D eigenvalue weighted by molar-refractivity contribution is 5.75. The molecule has 3 nitrogen and oxygen atoms in total. The van der Waals surface area contributed by atoms with Gasteiger partial charge >= 0.3 is 0 Å². The second-order valence-electron chi connectivity index (χ2n) is 7.63. The Kier molecular flexibility index (Phi) is 4.77. The topological polar surface area (TPSA) is 23.6 Å². The van der Waals surface area contributed by atoms with Crippen molar-refractivity contribution in [2.75, 3.05) is 26.2 Å². The SMILES string of the molecule is CC(=O)N1CCc2ccccc2C12CCN(CCC(C)C)CC2. The van der Waals surface area contributed by atoms with Crippen LogP contribution in [0.1, 0.15) is 51.2 Å². The first kappa shape index (κ1) is 16.5. The third-order valence-electron chi connectivity index (χ3n) is 5.73. The lowest BCUT2D eigenvalue weighted by atomic mass is 9.74. The van der Waals surface area contributed by atoms with Crippen LogP contribution in [0.5, 0.6) is 0 Å². The summed E-state index contributed by atoms with van der Waals surface area (Å²) in [6.07, 6.45) is 4.40. The van der Waals surface area contributed by atoms with Gasteiger partial charge in [0.05, 0.1) is 5.54 Å². The lowest BCUT2D eigenvalue weighted by Gasteiger charge is -2.52. The summed E-state index contributed by atoms with van der Waals surface area (Å²) in [5.41, 5.74) is 2.79. The van der Waals surface area contributed by atoms with E-state index in [0.717, 1.165) is 44.8 Å². The number of fused-ring (bicyclic) bond motifs is 2. The van der Waals surface area contributed by atoms with E-state index in [4.69, 9.17) is 0 Å². The predicted molar refractivity (Wildman–Crippen MR) is 94.3 cm³/mol. The standard InChI is InChI=1S/C20H30N2O/c1-16(2)8-12-21-14-10-20(11-15-21)19-7-5-4-6-18(19)9-13-22(20)17(3)23/h4-7,16H,8-15H2,1-3H3. The minimum atomic E-state index is -0.0605. The number of hydrogen-bond acceptors (Lipinski definition) is 2. The van der Waals surface area contributed by atoms with Gasteiger partial charge in [-0.15, -0.1) is 0 Å². The van der Waals surface area contributed by atoms with Crippen LogP contribution in [0.3, 0.4) is 0 Å². The summed E-state index contributed by atoms with van der Waals surface area (Å²) in [5, 5.41) is 0. The molecule has 1 spiro atoms. The van der Waals surface area contributed by atoms with Crippen molar-refractivity contribution in [2.24, 2.45) is 5.92 Å². The van der Waals surface area contributed by atoms with Crippen LogP contribution < -0.4 is 0 Å². The third kappa shape index (κ3) is 3.16. The van der Waals surface area contributed by atoms with Crippen molar-refractivity contribution in [1.82, 2.24) is 9.80 Å². The summed E-state index contributed by atoms with van der Waals surface area (Å²) in [6, 6.07) is 8.77. The first-order chi connectivity index (χ1) is 11.0. The number of piperidine rings is 1. The normalized spacial score (nSPS) is 20.8. The van der Waals surface area contributed by atoms with E-state index in [0.29, 0.717) is 0 Å². The molecule has 0 aromatic heterocycles. The van der Waals surface area contributed by atoms with Crippen LogP contribution in [0.15, 0.2) is 24.3 Å². The molecular weight excluding hydrogens is 284 g/mol. The van der Waals surface area contributed by atoms with E-state index in [2.05, 4.69) is 47.9 Å². The fourth-order valence-electron chi connectivity index (χ4n) is 4.37. The van der Waals surface area contributed by atoms with E-state index in [9.17, 15) is 4.79 Å². The van der Waals surface area contributed by atoms with Crippen LogP contribution in [-0.4, -0.2) is 41.9 Å². The molecule has 23 heavy (non-hydrogen) atoms. The number of amides is 1. The van der Waals surface area contributed by atoms with Crippen molar-refractivity contribution in [2.45, 2.75) is 52.0 Å². The van der Waals surface area contributed by atoms with Gasteiger partial charge in [-0.2, -0.15) is 0 Å². The van der Waals surface area contributed by atoms with Crippen molar-refractivity contribution in [3.63, 3.8) is 0 Å². The molecule has 2 aliphatic rings. The molecule has 0 saturated carbocycles. The second kappa shape index (κ2) is 6.64. The van der Waals surface area contributed by atoms with E-state index in [-0.39, 0.29) is 11.4 Å². The largest absolute Gasteiger partial charge is 0.333 e. The van der Waals surface area contributed by atoms with Gasteiger partial charge in [-0.25, -0.2) is 0 Å². The van der Waals surface area contributed by atoms with Gasteiger partial charge in [-0.05, 0) is 49.3 Å². The molecule has 0 radical (unpaired) electrons. The first-order valence-corrected chi connectivity index (χ1v) is 9.12. The maximum atomic E-state index is 12.3. The molecule has 1 fully saturated rings. The molecule has 2 aliphatic heterocycles. The van der Waals surface area contributed by atoms with Crippen LogP contribution in [0.4, 0.5) is 0 Å². The lowest BCUT2D eigenvalue weighted by molar-refractivity contribution is -0.139. The zero-order chi connectivity index (χ0) is 16.4. The molecule has 0 bridgehead atoms. The summed E-state index contributed by atoms with van der Waals surface area (Å²) in [5.74, 6) is 0.991. The van der Waals surface area contributed by atoms with Crippen LogP contribution in [0, 0.1) is 5.92 Å².